The first-order valence-corrected chi connectivity index (χ1v) is 10.3. The van der Waals surface area contributed by atoms with Crippen LogP contribution < -0.4 is 21.7 Å². The number of nitrogens with two attached hydrogens (primary N) is 1. The Bertz CT molecular complexity index is 861. The Balaban J connectivity index is 2.87. The van der Waals surface area contributed by atoms with Crippen LogP contribution in [0, 0.1) is 0 Å². The minimum absolute atomic E-state index is 0.0954. The third kappa shape index (κ3) is 9.42. The highest BCUT2D eigenvalue weighted by molar-refractivity contribution is 5.95. The summed E-state index contributed by atoms with van der Waals surface area (Å²) in [7, 11) is 1.04. The number of hydrogen-bond acceptors (Lipinski definition) is 9. The summed E-state index contributed by atoms with van der Waals surface area (Å²) in [6, 6.07) is 4.08. The molecule has 13 nitrogen and oxygen atoms in total. The number of esters is 1. The Hall–Kier alpha value is -3.71. The molecule has 0 fully saturated rings. The van der Waals surface area contributed by atoms with E-state index in [9.17, 15) is 34.2 Å². The highest BCUT2D eigenvalue weighted by atomic mass is 16.5. The number of carbonyl (C=O) groups excluding carboxylic acids is 5. The first-order chi connectivity index (χ1) is 16.0. The van der Waals surface area contributed by atoms with E-state index < -0.39 is 66.5 Å². The second kappa shape index (κ2) is 13.7. The number of nitrogens with one attached hydrogen (secondary N) is 3. The smallest absolute Gasteiger partial charge is 0.408 e. The molecule has 5 atom stereocenters. The largest absolute Gasteiger partial charge is 0.467 e. The molecule has 1 aromatic rings. The summed E-state index contributed by atoms with van der Waals surface area (Å²) in [5.41, 5.74) is 5.83. The van der Waals surface area contributed by atoms with Crippen molar-refractivity contribution in [3.63, 3.8) is 0 Å². The first kappa shape index (κ1) is 28.3. The summed E-state index contributed by atoms with van der Waals surface area (Å²) in [6.07, 6.45) is -4.45. The molecule has 0 radical (unpaired) electrons. The molecule has 0 aliphatic carbocycles. The first-order valence-electron chi connectivity index (χ1n) is 10.3. The van der Waals surface area contributed by atoms with Gasteiger partial charge in [0, 0.05) is 0 Å². The molecule has 4 amide bonds. The third-order valence-corrected chi connectivity index (χ3v) is 4.52. The number of aliphatic hydroxyl groups is 2. The van der Waals surface area contributed by atoms with E-state index in [0.29, 0.717) is 5.56 Å². The van der Waals surface area contributed by atoms with Crippen LogP contribution in [0.25, 0.3) is 0 Å². The summed E-state index contributed by atoms with van der Waals surface area (Å²) < 4.78 is 9.52. The zero-order chi connectivity index (χ0) is 25.8. The van der Waals surface area contributed by atoms with Gasteiger partial charge in [-0.2, -0.15) is 0 Å². The van der Waals surface area contributed by atoms with Crippen LogP contribution in [0.5, 0.6) is 0 Å². The van der Waals surface area contributed by atoms with Gasteiger partial charge in [-0.25, -0.2) is 9.59 Å². The number of ether oxygens (including phenoxy) is 2. The Kier molecular flexibility index (Phi) is 11.5. The fourth-order valence-corrected chi connectivity index (χ4v) is 2.73. The van der Waals surface area contributed by atoms with Crippen molar-refractivity contribution < 1.29 is 43.7 Å². The van der Waals surface area contributed by atoms with Crippen LogP contribution >= 0.6 is 0 Å². The summed E-state index contributed by atoms with van der Waals surface area (Å²) >= 11 is 0. The Morgan fingerprint density at radius 3 is 2.00 bits per heavy atom. The Morgan fingerprint density at radius 2 is 1.50 bits per heavy atom. The second-order valence-corrected chi connectivity index (χ2v) is 7.41. The summed E-state index contributed by atoms with van der Waals surface area (Å²) in [4.78, 5) is 60.6. The molecule has 34 heavy (non-hydrogen) atoms. The average Bonchev–Trinajstić information content (AvgIpc) is 2.78. The lowest BCUT2D eigenvalue weighted by Crippen LogP contribution is -2.59. The van der Waals surface area contributed by atoms with E-state index in [1.54, 1.807) is 30.3 Å². The maximum atomic E-state index is 12.7. The molecule has 1 rings (SSSR count). The van der Waals surface area contributed by atoms with Crippen molar-refractivity contribution in [2.24, 2.45) is 5.73 Å². The average molecular weight is 482 g/mol. The van der Waals surface area contributed by atoms with Crippen LogP contribution in [0.4, 0.5) is 4.79 Å². The number of alkyl carbamates (subject to hydrolysis) is 1. The topological polar surface area (TPSA) is 206 Å². The number of methoxy groups -OCH3 is 1. The van der Waals surface area contributed by atoms with Gasteiger partial charge in [-0.1, -0.05) is 30.3 Å². The van der Waals surface area contributed by atoms with Crippen molar-refractivity contribution in [1.29, 1.82) is 0 Å². The van der Waals surface area contributed by atoms with Crippen molar-refractivity contribution in [2.75, 3.05) is 7.11 Å². The van der Waals surface area contributed by atoms with E-state index in [2.05, 4.69) is 20.7 Å². The standard InChI is InChI=1S/C21H30N4O9/c1-11(26)16(25-21(32)34-10-13-7-5-4-6-8-13)19(30)23-14(9-15(22)28)18(29)24-17(12(2)27)20(31)33-3/h4-8,11-12,14,16-17,26-27H,9-10H2,1-3H3,(H2,22,28)(H,23,30)(H,24,29)(H,25,32)/t11-,12-,14-,16+,17+/m0/s1. The summed E-state index contributed by atoms with van der Waals surface area (Å²) in [5.74, 6) is -3.98. The predicted molar refractivity (Wildman–Crippen MR) is 117 cm³/mol. The number of aliphatic hydroxyl groups excluding tert-OH is 2. The molecule has 0 aliphatic heterocycles. The highest BCUT2D eigenvalue weighted by Gasteiger charge is 2.34. The quantitative estimate of drug-likeness (QED) is 0.183. The highest BCUT2D eigenvalue weighted by Crippen LogP contribution is 2.04. The molecular formula is C21H30N4O9. The Morgan fingerprint density at radius 1 is 0.912 bits per heavy atom. The van der Waals surface area contributed by atoms with Gasteiger partial charge < -0.3 is 41.4 Å². The van der Waals surface area contributed by atoms with Crippen LogP contribution in [-0.4, -0.2) is 77.4 Å². The number of hydrogen-bond donors (Lipinski definition) is 6. The molecule has 0 heterocycles. The zero-order valence-electron chi connectivity index (χ0n) is 19.0. The lowest BCUT2D eigenvalue weighted by molar-refractivity contribution is -0.148. The van der Waals surface area contributed by atoms with E-state index in [0.717, 1.165) is 7.11 Å². The Labute approximate surface area is 196 Å². The number of primary amides is 1. The number of rotatable bonds is 12. The van der Waals surface area contributed by atoms with Crippen molar-refractivity contribution in [3.05, 3.63) is 35.9 Å². The summed E-state index contributed by atoms with van der Waals surface area (Å²) in [5, 5.41) is 26.2. The number of amides is 4. The minimum atomic E-state index is -1.58. The fraction of sp³-hybridized carbons (Fsp3) is 0.476. The van der Waals surface area contributed by atoms with E-state index in [-0.39, 0.29) is 6.61 Å². The molecule has 0 unspecified atom stereocenters. The van der Waals surface area contributed by atoms with Crippen molar-refractivity contribution in [2.45, 2.75) is 57.2 Å². The minimum Gasteiger partial charge on any atom is -0.467 e. The van der Waals surface area contributed by atoms with Gasteiger partial charge >= 0.3 is 12.1 Å². The SMILES string of the molecule is COC(=O)[C@H](NC(=O)[C@H](CC(N)=O)NC(=O)[C@H](NC(=O)OCc1ccccc1)[C@H](C)O)[C@H](C)O. The van der Waals surface area contributed by atoms with Crippen LogP contribution in [0.1, 0.15) is 25.8 Å². The molecule has 0 aliphatic rings. The normalized spacial score (nSPS) is 15.0. The van der Waals surface area contributed by atoms with Crippen molar-refractivity contribution in [1.82, 2.24) is 16.0 Å². The number of carbonyl (C=O) groups is 5. The fourth-order valence-electron chi connectivity index (χ4n) is 2.73. The number of benzene rings is 1. The van der Waals surface area contributed by atoms with Gasteiger partial charge in [0.2, 0.25) is 17.7 Å². The molecular weight excluding hydrogens is 452 g/mol. The molecule has 188 valence electrons. The van der Waals surface area contributed by atoms with Gasteiger partial charge in [-0.3, -0.25) is 14.4 Å². The monoisotopic (exact) mass is 482 g/mol. The van der Waals surface area contributed by atoms with Crippen molar-refractivity contribution in [3.8, 4) is 0 Å². The maximum Gasteiger partial charge on any atom is 0.408 e. The molecule has 0 spiro atoms. The van der Waals surface area contributed by atoms with E-state index in [4.69, 9.17) is 10.5 Å². The van der Waals surface area contributed by atoms with Gasteiger partial charge in [0.25, 0.3) is 0 Å². The van der Waals surface area contributed by atoms with Crippen LogP contribution in [-0.2, 0) is 35.3 Å². The molecule has 0 saturated heterocycles. The van der Waals surface area contributed by atoms with Crippen molar-refractivity contribution >= 4 is 29.8 Å². The van der Waals surface area contributed by atoms with E-state index in [1.165, 1.54) is 13.8 Å². The molecule has 1 aromatic carbocycles. The zero-order valence-corrected chi connectivity index (χ0v) is 19.0. The van der Waals surface area contributed by atoms with Gasteiger partial charge in [0.1, 0.15) is 18.7 Å². The lowest BCUT2D eigenvalue weighted by atomic mass is 10.1. The van der Waals surface area contributed by atoms with E-state index in [1.807, 2.05) is 0 Å². The molecule has 7 N–H and O–H groups in total. The molecule has 13 heteroatoms. The van der Waals surface area contributed by atoms with E-state index >= 15 is 0 Å². The second-order valence-electron chi connectivity index (χ2n) is 7.41. The predicted octanol–water partition coefficient (Wildman–Crippen LogP) is -1.94. The van der Waals surface area contributed by atoms with Gasteiger partial charge in [0.05, 0.1) is 25.7 Å². The van der Waals surface area contributed by atoms with Gasteiger partial charge in [0.15, 0.2) is 6.04 Å². The van der Waals surface area contributed by atoms with Gasteiger partial charge in [-0.15, -0.1) is 0 Å². The maximum absolute atomic E-state index is 12.7. The summed E-state index contributed by atoms with van der Waals surface area (Å²) in [6.45, 7) is 2.34. The lowest BCUT2D eigenvalue weighted by Gasteiger charge is -2.26. The van der Waals surface area contributed by atoms with Gasteiger partial charge in [-0.05, 0) is 19.4 Å². The van der Waals surface area contributed by atoms with Crippen LogP contribution in [0.2, 0.25) is 0 Å². The molecule has 0 saturated carbocycles. The molecule has 0 aromatic heterocycles. The van der Waals surface area contributed by atoms with Crippen LogP contribution in [0.15, 0.2) is 30.3 Å². The third-order valence-electron chi connectivity index (χ3n) is 4.52. The van der Waals surface area contributed by atoms with Crippen LogP contribution in [0.3, 0.4) is 0 Å². The molecule has 0 bridgehead atoms.